The summed E-state index contributed by atoms with van der Waals surface area (Å²) in [5.74, 6) is 0.755. The molecule has 186 valence electrons. The van der Waals surface area contributed by atoms with Gasteiger partial charge in [-0.15, -0.1) is 0 Å². The molecule has 2 aromatic carbocycles. The van der Waals surface area contributed by atoms with Gasteiger partial charge >= 0.3 is 5.97 Å². The van der Waals surface area contributed by atoms with Crippen LogP contribution in [0.5, 0.6) is 0 Å². The van der Waals surface area contributed by atoms with Gasteiger partial charge in [0.25, 0.3) is 0 Å². The Labute approximate surface area is 218 Å². The van der Waals surface area contributed by atoms with E-state index in [4.69, 9.17) is 21.4 Å². The van der Waals surface area contributed by atoms with E-state index in [0.29, 0.717) is 34.0 Å². The number of hydrazone groups is 1. The highest BCUT2D eigenvalue weighted by Gasteiger charge is 2.45. The predicted molar refractivity (Wildman–Crippen MR) is 141 cm³/mol. The van der Waals surface area contributed by atoms with Gasteiger partial charge in [0.1, 0.15) is 12.2 Å². The first-order valence-corrected chi connectivity index (χ1v) is 13.9. The van der Waals surface area contributed by atoms with Crippen LogP contribution in [0.15, 0.2) is 41.5 Å². The first-order valence-electron chi connectivity index (χ1n) is 13.5. The summed E-state index contributed by atoms with van der Waals surface area (Å²) in [5.41, 5.74) is 5.56. The van der Waals surface area contributed by atoms with Crippen LogP contribution in [0.1, 0.15) is 91.3 Å². The summed E-state index contributed by atoms with van der Waals surface area (Å²) in [4.78, 5) is 12.9. The highest BCUT2D eigenvalue weighted by molar-refractivity contribution is 6.32. The zero-order valence-corrected chi connectivity index (χ0v) is 21.3. The summed E-state index contributed by atoms with van der Waals surface area (Å²) in [7, 11) is 0. The van der Waals surface area contributed by atoms with Crippen molar-refractivity contribution >= 4 is 29.0 Å². The number of rotatable bonds is 4. The molecule has 2 atom stereocenters. The van der Waals surface area contributed by atoms with Gasteiger partial charge in [-0.2, -0.15) is 10.4 Å². The number of aryl methyl sites for hydroxylation is 1. The van der Waals surface area contributed by atoms with Crippen LogP contribution in [-0.2, 0) is 11.2 Å². The molecule has 2 saturated carbocycles. The van der Waals surface area contributed by atoms with Gasteiger partial charge < -0.3 is 4.74 Å². The standard InChI is InChI=1S/C30H32ClN3O2/c31-27-17-23(13-10-22(27)18-32)34-29(19-6-4-5-7-19)26-15-11-20-16-21(12-14-25(20)28(26)33-34)30(35)36-24-8-2-1-3-9-24/h10,12-14,16-17,19,24,26,29H,1-9,11,15H2/t26-,29-/m0/s1. The highest BCUT2D eigenvalue weighted by Crippen LogP contribution is 2.45. The van der Waals surface area contributed by atoms with Crippen molar-refractivity contribution in [1.29, 1.82) is 5.26 Å². The summed E-state index contributed by atoms with van der Waals surface area (Å²) >= 11 is 6.42. The Morgan fingerprint density at radius 2 is 1.78 bits per heavy atom. The smallest absolute Gasteiger partial charge is 0.338 e. The average molecular weight is 502 g/mol. The molecule has 0 amide bonds. The Morgan fingerprint density at radius 1 is 1.00 bits per heavy atom. The number of hydrogen-bond donors (Lipinski definition) is 0. The number of halogens is 1. The Morgan fingerprint density at radius 3 is 2.53 bits per heavy atom. The molecule has 0 radical (unpaired) electrons. The molecular weight excluding hydrogens is 470 g/mol. The number of ether oxygens (including phenoxy) is 1. The average Bonchev–Trinajstić information content (AvgIpc) is 3.57. The highest BCUT2D eigenvalue weighted by atomic mass is 35.5. The molecule has 2 aromatic rings. The number of hydrogen-bond acceptors (Lipinski definition) is 5. The molecule has 0 aromatic heterocycles. The van der Waals surface area contributed by atoms with Gasteiger partial charge in [-0.05, 0) is 93.2 Å². The van der Waals surface area contributed by atoms with Gasteiger partial charge in [-0.3, -0.25) is 5.01 Å². The number of fused-ring (bicyclic) bond motifs is 3. The minimum absolute atomic E-state index is 0.0610. The molecule has 1 aliphatic heterocycles. The van der Waals surface area contributed by atoms with Crippen molar-refractivity contribution in [3.8, 4) is 6.07 Å². The third-order valence-corrected chi connectivity index (χ3v) is 8.96. The van der Waals surface area contributed by atoms with Crippen molar-refractivity contribution in [2.24, 2.45) is 16.9 Å². The van der Waals surface area contributed by atoms with E-state index < -0.39 is 0 Å². The monoisotopic (exact) mass is 501 g/mol. The van der Waals surface area contributed by atoms with E-state index in [1.807, 2.05) is 24.3 Å². The van der Waals surface area contributed by atoms with Gasteiger partial charge in [-0.1, -0.05) is 36.9 Å². The minimum atomic E-state index is -0.196. The van der Waals surface area contributed by atoms with Crippen molar-refractivity contribution < 1.29 is 9.53 Å². The summed E-state index contributed by atoms with van der Waals surface area (Å²) in [6.07, 6.45) is 12.5. The van der Waals surface area contributed by atoms with Gasteiger partial charge in [0.2, 0.25) is 0 Å². The van der Waals surface area contributed by atoms with E-state index in [1.165, 1.54) is 37.7 Å². The molecule has 3 aliphatic carbocycles. The van der Waals surface area contributed by atoms with E-state index in [9.17, 15) is 10.1 Å². The first kappa shape index (κ1) is 23.6. The van der Waals surface area contributed by atoms with Crippen molar-refractivity contribution in [2.45, 2.75) is 82.8 Å². The van der Waals surface area contributed by atoms with Crippen LogP contribution >= 0.6 is 11.6 Å². The molecule has 6 heteroatoms. The molecule has 0 spiro atoms. The number of esters is 1. The number of anilines is 1. The molecule has 36 heavy (non-hydrogen) atoms. The van der Waals surface area contributed by atoms with E-state index in [1.54, 1.807) is 6.07 Å². The van der Waals surface area contributed by atoms with Gasteiger partial charge in [0, 0.05) is 11.5 Å². The second-order valence-electron chi connectivity index (χ2n) is 10.8. The Hall–Kier alpha value is -2.84. The van der Waals surface area contributed by atoms with Gasteiger partial charge in [0.15, 0.2) is 0 Å². The number of nitrogens with zero attached hydrogens (tertiary/aromatic N) is 3. The predicted octanol–water partition coefficient (Wildman–Crippen LogP) is 7.05. The van der Waals surface area contributed by atoms with E-state index >= 15 is 0 Å². The van der Waals surface area contributed by atoms with E-state index in [-0.39, 0.29) is 12.1 Å². The topological polar surface area (TPSA) is 65.7 Å². The van der Waals surface area contributed by atoms with Crippen molar-refractivity contribution in [3.63, 3.8) is 0 Å². The Balaban J connectivity index is 1.31. The number of carbonyl (C=O) groups is 1. The van der Waals surface area contributed by atoms with E-state index in [0.717, 1.165) is 55.5 Å². The summed E-state index contributed by atoms with van der Waals surface area (Å²) in [6.45, 7) is 0. The van der Waals surface area contributed by atoms with Gasteiger partial charge in [0.05, 0.1) is 33.6 Å². The lowest BCUT2D eigenvalue weighted by atomic mass is 9.75. The van der Waals surface area contributed by atoms with Crippen LogP contribution in [0.2, 0.25) is 5.02 Å². The van der Waals surface area contributed by atoms with Crippen LogP contribution in [0.25, 0.3) is 0 Å². The normalized spacial score (nSPS) is 24.1. The Kier molecular flexibility index (Phi) is 6.48. The molecule has 6 rings (SSSR count). The Bertz CT molecular complexity index is 1240. The number of carbonyl (C=O) groups excluding carboxylic acids is 1. The lowest BCUT2D eigenvalue weighted by Gasteiger charge is -2.34. The maximum absolute atomic E-state index is 12.9. The van der Waals surface area contributed by atoms with Crippen LogP contribution < -0.4 is 5.01 Å². The lowest BCUT2D eigenvalue weighted by Crippen LogP contribution is -2.40. The third kappa shape index (κ3) is 4.30. The minimum Gasteiger partial charge on any atom is -0.459 e. The van der Waals surface area contributed by atoms with Crippen molar-refractivity contribution in [1.82, 2.24) is 0 Å². The maximum Gasteiger partial charge on any atom is 0.338 e. The summed E-state index contributed by atoms with van der Waals surface area (Å²) < 4.78 is 5.83. The lowest BCUT2D eigenvalue weighted by molar-refractivity contribution is 0.0211. The maximum atomic E-state index is 12.9. The van der Waals surface area contributed by atoms with Gasteiger partial charge in [-0.25, -0.2) is 4.79 Å². The molecule has 2 fully saturated rings. The zero-order valence-electron chi connectivity index (χ0n) is 20.6. The second-order valence-corrected chi connectivity index (χ2v) is 11.2. The molecule has 0 bridgehead atoms. The molecule has 5 nitrogen and oxygen atoms in total. The molecule has 0 unspecified atom stereocenters. The second kappa shape index (κ2) is 9.90. The largest absolute Gasteiger partial charge is 0.459 e. The van der Waals surface area contributed by atoms with E-state index in [2.05, 4.69) is 17.1 Å². The molecule has 0 N–H and O–H groups in total. The quantitative estimate of drug-likeness (QED) is 0.421. The third-order valence-electron chi connectivity index (χ3n) is 8.65. The van der Waals surface area contributed by atoms with Crippen molar-refractivity contribution in [3.05, 3.63) is 63.7 Å². The SMILES string of the molecule is N#Cc1ccc(N2N=C3c4ccc(C(=O)OC5CCCCC5)cc4CC[C@@H]3[C@@H]2C2CCCC2)cc1Cl. The molecule has 1 heterocycles. The number of benzene rings is 2. The van der Waals surface area contributed by atoms with Crippen LogP contribution in [0.3, 0.4) is 0 Å². The van der Waals surface area contributed by atoms with Crippen molar-refractivity contribution in [2.75, 3.05) is 5.01 Å². The molecule has 0 saturated heterocycles. The fourth-order valence-electron chi connectivity index (χ4n) is 6.84. The molecule has 4 aliphatic rings. The summed E-state index contributed by atoms with van der Waals surface area (Å²) in [6, 6.07) is 14.1. The summed E-state index contributed by atoms with van der Waals surface area (Å²) in [5, 5.41) is 17.2. The first-order chi connectivity index (χ1) is 17.6. The zero-order chi connectivity index (χ0) is 24.6. The molecular formula is C30H32ClN3O2. The van der Waals surface area contributed by atoms with Crippen LogP contribution in [-0.4, -0.2) is 23.8 Å². The fraction of sp³-hybridized carbons (Fsp3) is 0.500. The fourth-order valence-corrected chi connectivity index (χ4v) is 7.05. The van der Waals surface area contributed by atoms with Crippen LogP contribution in [0.4, 0.5) is 5.69 Å². The van der Waals surface area contributed by atoms with Crippen LogP contribution in [0, 0.1) is 23.2 Å². The number of nitriles is 1.